The van der Waals surface area contributed by atoms with Gasteiger partial charge < -0.3 is 4.90 Å². The Bertz CT molecular complexity index is 2250. The number of rotatable bonds is 4. The predicted molar refractivity (Wildman–Crippen MR) is 201 cm³/mol. The SMILES string of the molecule is CN1/C(=C\C=C2\CCC(/C=C/C3=[N+](C)c4ccc5ccccc5c4C3(C)C)=C2c2ccccc2)C(C)(C)c2c1ccc1ccccc21. The predicted octanol–water partition coefficient (Wildman–Crippen LogP) is 11.0. The Balaban J connectivity index is 1.20. The van der Waals surface area contributed by atoms with E-state index in [1.54, 1.807) is 0 Å². The lowest BCUT2D eigenvalue weighted by Crippen LogP contribution is -2.26. The maximum absolute atomic E-state index is 2.41. The zero-order chi connectivity index (χ0) is 32.5. The monoisotopic (exact) mass is 611 g/mol. The second-order valence-corrected chi connectivity index (χ2v) is 14.5. The van der Waals surface area contributed by atoms with Gasteiger partial charge in [-0.05, 0) is 94.3 Å². The van der Waals surface area contributed by atoms with Crippen LogP contribution >= 0.6 is 0 Å². The molecule has 2 heterocycles. The van der Waals surface area contributed by atoms with Crippen molar-refractivity contribution in [3.8, 4) is 0 Å². The third-order valence-corrected chi connectivity index (χ3v) is 11.0. The van der Waals surface area contributed by atoms with E-state index in [0.717, 1.165) is 12.8 Å². The Morgan fingerprint density at radius 3 is 2.00 bits per heavy atom. The third-order valence-electron chi connectivity index (χ3n) is 11.0. The number of hydrogen-bond acceptors (Lipinski definition) is 1. The third kappa shape index (κ3) is 4.49. The lowest BCUT2D eigenvalue weighted by atomic mass is 9.79. The summed E-state index contributed by atoms with van der Waals surface area (Å²) in [7, 11) is 4.45. The summed E-state index contributed by atoms with van der Waals surface area (Å²) < 4.78 is 2.40. The first-order chi connectivity index (χ1) is 22.7. The van der Waals surface area contributed by atoms with E-state index in [-0.39, 0.29) is 10.8 Å². The van der Waals surface area contributed by atoms with Gasteiger partial charge in [0, 0.05) is 41.6 Å². The van der Waals surface area contributed by atoms with Crippen molar-refractivity contribution >= 4 is 44.2 Å². The first-order valence-corrected chi connectivity index (χ1v) is 17.0. The van der Waals surface area contributed by atoms with Crippen LogP contribution in [0.25, 0.3) is 27.1 Å². The number of hydrogen-bond donors (Lipinski definition) is 0. The Kier molecular flexibility index (Phi) is 6.77. The summed E-state index contributed by atoms with van der Waals surface area (Å²) in [6, 6.07) is 37.7. The minimum Gasteiger partial charge on any atom is -0.347 e. The summed E-state index contributed by atoms with van der Waals surface area (Å²) in [5.74, 6) is 0. The molecule has 0 atom stereocenters. The summed E-state index contributed by atoms with van der Waals surface area (Å²) >= 11 is 0. The first-order valence-electron chi connectivity index (χ1n) is 17.0. The van der Waals surface area contributed by atoms with Crippen molar-refractivity contribution in [3.63, 3.8) is 0 Å². The Hall–Kier alpha value is -4.95. The van der Waals surface area contributed by atoms with E-state index in [1.807, 2.05) is 0 Å². The normalized spacial score (nSPS) is 20.1. The van der Waals surface area contributed by atoms with Crippen LogP contribution in [0.4, 0.5) is 11.4 Å². The van der Waals surface area contributed by atoms with Gasteiger partial charge in [0.25, 0.3) is 0 Å². The molecule has 47 heavy (non-hydrogen) atoms. The second kappa shape index (κ2) is 10.8. The van der Waals surface area contributed by atoms with Crippen LogP contribution in [-0.2, 0) is 10.8 Å². The van der Waals surface area contributed by atoms with Gasteiger partial charge in [-0.1, -0.05) is 111 Å². The van der Waals surface area contributed by atoms with Crippen molar-refractivity contribution in [2.24, 2.45) is 0 Å². The zero-order valence-corrected chi connectivity index (χ0v) is 28.4. The molecule has 2 aliphatic heterocycles. The number of nitrogens with zero attached hydrogens (tertiary/aromatic N) is 2. The van der Waals surface area contributed by atoms with Crippen molar-refractivity contribution in [2.45, 2.75) is 51.4 Å². The van der Waals surface area contributed by atoms with Crippen LogP contribution in [0, 0.1) is 0 Å². The number of benzene rings is 5. The molecular weight excluding hydrogens is 569 g/mol. The van der Waals surface area contributed by atoms with Crippen LogP contribution in [-0.4, -0.2) is 24.4 Å². The number of likely N-dealkylation sites (N-methyl/N-ethyl adjacent to an activating group) is 1. The molecule has 232 valence electrons. The van der Waals surface area contributed by atoms with Crippen molar-refractivity contribution in [3.05, 3.63) is 161 Å². The van der Waals surface area contributed by atoms with Crippen LogP contribution < -0.4 is 4.90 Å². The average molecular weight is 612 g/mol. The topological polar surface area (TPSA) is 6.25 Å². The zero-order valence-electron chi connectivity index (χ0n) is 28.4. The highest BCUT2D eigenvalue weighted by molar-refractivity contribution is 6.08. The summed E-state index contributed by atoms with van der Waals surface area (Å²) in [6.45, 7) is 9.50. The molecule has 0 unspecified atom stereocenters. The molecule has 0 fully saturated rings. The molecule has 1 aliphatic carbocycles. The van der Waals surface area contributed by atoms with Gasteiger partial charge in [0.2, 0.25) is 5.69 Å². The fourth-order valence-corrected chi connectivity index (χ4v) is 8.78. The molecule has 0 spiro atoms. The molecule has 3 aliphatic rings. The maximum atomic E-state index is 2.41. The van der Waals surface area contributed by atoms with Crippen LogP contribution in [0.15, 0.2) is 144 Å². The minimum absolute atomic E-state index is 0.103. The smallest absolute Gasteiger partial charge is 0.210 e. The van der Waals surface area contributed by atoms with Crippen molar-refractivity contribution < 1.29 is 4.58 Å². The summed E-state index contributed by atoms with van der Waals surface area (Å²) in [4.78, 5) is 2.40. The fraction of sp³-hybridized carbons (Fsp3) is 0.222. The molecule has 5 aromatic carbocycles. The molecule has 0 N–H and O–H groups in total. The van der Waals surface area contributed by atoms with E-state index in [2.05, 4.69) is 179 Å². The van der Waals surface area contributed by atoms with E-state index in [9.17, 15) is 0 Å². The highest BCUT2D eigenvalue weighted by atomic mass is 15.2. The molecule has 0 saturated heterocycles. The largest absolute Gasteiger partial charge is 0.347 e. The molecule has 0 aromatic heterocycles. The van der Waals surface area contributed by atoms with Gasteiger partial charge in [-0.25, -0.2) is 0 Å². The van der Waals surface area contributed by atoms with Gasteiger partial charge >= 0.3 is 0 Å². The van der Waals surface area contributed by atoms with Crippen LogP contribution in [0.5, 0.6) is 0 Å². The average Bonchev–Trinajstić information content (AvgIpc) is 3.64. The van der Waals surface area contributed by atoms with Gasteiger partial charge in [0.05, 0.1) is 5.41 Å². The Labute approximate surface area is 279 Å². The van der Waals surface area contributed by atoms with E-state index in [4.69, 9.17) is 0 Å². The van der Waals surface area contributed by atoms with Gasteiger partial charge in [-0.3, -0.25) is 0 Å². The standard InChI is InChI=1S/C45H43N2/c1-44(2)39(46(5)37-26-22-30-14-10-12-18-35(30)42(37)44)28-24-33-20-21-34(41(33)32-16-8-7-9-17-32)25-29-40-45(3,4)43-36-19-13-11-15-31(36)23-27-38(43)47(40)6/h7-19,22-29H,20-21H2,1-6H3/q+1. The fourth-order valence-electron chi connectivity index (χ4n) is 8.78. The lowest BCUT2D eigenvalue weighted by Gasteiger charge is -2.24. The molecule has 0 bridgehead atoms. The number of fused-ring (bicyclic) bond motifs is 6. The van der Waals surface area contributed by atoms with Crippen molar-refractivity contribution in [1.29, 1.82) is 0 Å². The summed E-state index contributed by atoms with van der Waals surface area (Å²) in [5.41, 5.74) is 13.4. The van der Waals surface area contributed by atoms with Gasteiger partial charge in [-0.15, -0.1) is 0 Å². The molecule has 5 aromatic rings. The molecule has 8 rings (SSSR count). The molecular formula is C45H43N2+. The van der Waals surface area contributed by atoms with E-state index in [1.165, 1.54) is 77.7 Å². The van der Waals surface area contributed by atoms with E-state index in [0.29, 0.717) is 0 Å². The number of anilines is 1. The highest BCUT2D eigenvalue weighted by Gasteiger charge is 2.44. The summed E-state index contributed by atoms with van der Waals surface area (Å²) in [5, 5.41) is 5.31. The van der Waals surface area contributed by atoms with Gasteiger partial charge in [0.1, 0.15) is 7.05 Å². The second-order valence-electron chi connectivity index (χ2n) is 14.5. The lowest BCUT2D eigenvalue weighted by molar-refractivity contribution is -0.401. The van der Waals surface area contributed by atoms with Crippen molar-refractivity contribution in [1.82, 2.24) is 0 Å². The highest BCUT2D eigenvalue weighted by Crippen LogP contribution is 2.50. The van der Waals surface area contributed by atoms with Crippen LogP contribution in [0.1, 0.15) is 57.2 Å². The molecule has 2 nitrogen and oxygen atoms in total. The van der Waals surface area contributed by atoms with Crippen LogP contribution in [0.2, 0.25) is 0 Å². The van der Waals surface area contributed by atoms with E-state index >= 15 is 0 Å². The molecule has 0 radical (unpaired) electrons. The van der Waals surface area contributed by atoms with Crippen LogP contribution in [0.3, 0.4) is 0 Å². The minimum atomic E-state index is -0.103. The van der Waals surface area contributed by atoms with Crippen molar-refractivity contribution in [2.75, 3.05) is 19.0 Å². The maximum Gasteiger partial charge on any atom is 0.210 e. The quantitative estimate of drug-likeness (QED) is 0.183. The molecule has 0 saturated carbocycles. The Morgan fingerprint density at radius 2 is 1.28 bits per heavy atom. The molecule has 0 amide bonds. The van der Waals surface area contributed by atoms with Gasteiger partial charge in [0.15, 0.2) is 5.71 Å². The number of allylic oxidation sites excluding steroid dienone is 8. The van der Waals surface area contributed by atoms with E-state index < -0.39 is 0 Å². The first kappa shape index (κ1) is 29.5. The van der Waals surface area contributed by atoms with Gasteiger partial charge in [-0.2, -0.15) is 4.58 Å². The molecule has 2 heteroatoms. The Morgan fingerprint density at radius 1 is 0.638 bits per heavy atom. The summed E-state index contributed by atoms with van der Waals surface area (Å²) in [6.07, 6.45) is 11.7.